The highest BCUT2D eigenvalue weighted by atomic mass is 16.4. The molecule has 1 aliphatic heterocycles. The molecule has 1 aliphatic rings. The van der Waals surface area contributed by atoms with Gasteiger partial charge in [-0.15, -0.1) is 0 Å². The summed E-state index contributed by atoms with van der Waals surface area (Å²) in [6.45, 7) is 7.31. The fourth-order valence-electron chi connectivity index (χ4n) is 4.06. The van der Waals surface area contributed by atoms with Gasteiger partial charge >= 0.3 is 6.09 Å². The fourth-order valence-corrected chi connectivity index (χ4v) is 4.06. The summed E-state index contributed by atoms with van der Waals surface area (Å²) in [5, 5.41) is 11.5. The van der Waals surface area contributed by atoms with E-state index >= 15 is 0 Å². The van der Waals surface area contributed by atoms with E-state index in [-0.39, 0.29) is 5.91 Å². The van der Waals surface area contributed by atoms with E-state index < -0.39 is 6.09 Å². The summed E-state index contributed by atoms with van der Waals surface area (Å²) < 4.78 is 0. The molecule has 6 nitrogen and oxygen atoms in total. The molecule has 1 saturated heterocycles. The Morgan fingerprint density at radius 2 is 1.58 bits per heavy atom. The average Bonchev–Trinajstić information content (AvgIpc) is 2.76. The van der Waals surface area contributed by atoms with Crippen LogP contribution < -0.4 is 5.32 Å². The van der Waals surface area contributed by atoms with Crippen molar-refractivity contribution in [2.24, 2.45) is 0 Å². The lowest BCUT2D eigenvalue weighted by Crippen LogP contribution is -2.30. The maximum Gasteiger partial charge on any atom is 0.409 e. The van der Waals surface area contributed by atoms with Crippen molar-refractivity contribution < 1.29 is 14.7 Å². The lowest BCUT2D eigenvalue weighted by atomic mass is 9.88. The van der Waals surface area contributed by atoms with Crippen molar-refractivity contribution in [1.29, 1.82) is 0 Å². The van der Waals surface area contributed by atoms with Crippen molar-refractivity contribution in [2.45, 2.75) is 26.7 Å². The van der Waals surface area contributed by atoms with Crippen molar-refractivity contribution in [2.75, 3.05) is 38.5 Å². The second-order valence-electron chi connectivity index (χ2n) is 7.85. The first kappa shape index (κ1) is 22.6. The van der Waals surface area contributed by atoms with Crippen molar-refractivity contribution in [3.8, 4) is 0 Å². The van der Waals surface area contributed by atoms with Crippen LogP contribution in [0.1, 0.15) is 48.2 Å². The monoisotopic (exact) mass is 421 g/mol. The molecule has 31 heavy (non-hydrogen) atoms. The Hall–Kier alpha value is -3.12. The Balaban J connectivity index is 2.01. The third kappa shape index (κ3) is 5.52. The Labute approximate surface area is 184 Å². The third-order valence-corrected chi connectivity index (χ3v) is 5.82. The highest BCUT2D eigenvalue weighted by Crippen LogP contribution is 2.33. The minimum Gasteiger partial charge on any atom is -0.465 e. The van der Waals surface area contributed by atoms with Crippen LogP contribution in [0.5, 0.6) is 0 Å². The van der Waals surface area contributed by atoms with E-state index in [1.165, 1.54) is 5.57 Å². The van der Waals surface area contributed by atoms with E-state index in [4.69, 9.17) is 5.11 Å². The number of amides is 2. The summed E-state index contributed by atoms with van der Waals surface area (Å²) in [6.07, 6.45) is 0.843. The molecule has 1 fully saturated rings. The maximum absolute atomic E-state index is 12.7. The molecule has 2 N–H and O–H groups in total. The first-order chi connectivity index (χ1) is 14.9. The van der Waals surface area contributed by atoms with Gasteiger partial charge in [-0.2, -0.15) is 0 Å². The first-order valence-corrected chi connectivity index (χ1v) is 10.8. The van der Waals surface area contributed by atoms with Crippen molar-refractivity contribution in [3.05, 3.63) is 70.8 Å². The molecule has 2 aromatic carbocycles. The predicted molar refractivity (Wildman–Crippen MR) is 125 cm³/mol. The summed E-state index contributed by atoms with van der Waals surface area (Å²) in [7, 11) is 2.13. The molecule has 1 heterocycles. The van der Waals surface area contributed by atoms with Gasteiger partial charge in [0.2, 0.25) is 0 Å². The number of nitrogens with zero attached hydrogens (tertiary/aromatic N) is 2. The zero-order chi connectivity index (χ0) is 22.4. The van der Waals surface area contributed by atoms with E-state index in [0.717, 1.165) is 42.6 Å². The largest absolute Gasteiger partial charge is 0.465 e. The van der Waals surface area contributed by atoms with Gasteiger partial charge in [0.15, 0.2) is 0 Å². The molecule has 0 spiro atoms. The number of carbonyl (C=O) groups excluding carboxylic acids is 1. The molecular formula is C25H31N3O3. The van der Waals surface area contributed by atoms with Crippen molar-refractivity contribution >= 4 is 23.3 Å². The number of carbonyl (C=O) groups is 2. The van der Waals surface area contributed by atoms with E-state index in [0.29, 0.717) is 24.3 Å². The summed E-state index contributed by atoms with van der Waals surface area (Å²) in [5.41, 5.74) is 5.74. The van der Waals surface area contributed by atoms with Crippen LogP contribution in [0, 0.1) is 0 Å². The first-order valence-electron chi connectivity index (χ1n) is 10.8. The number of rotatable bonds is 6. The number of hydrogen-bond donors (Lipinski definition) is 2. The topological polar surface area (TPSA) is 72.9 Å². The molecule has 0 atom stereocenters. The quantitative estimate of drug-likeness (QED) is 0.704. The molecule has 0 unspecified atom stereocenters. The lowest BCUT2D eigenvalue weighted by Gasteiger charge is -2.27. The van der Waals surface area contributed by atoms with Crippen molar-refractivity contribution in [3.63, 3.8) is 0 Å². The molecule has 3 rings (SSSR count). The highest BCUT2D eigenvalue weighted by molar-refractivity contribution is 5.95. The molecule has 6 heteroatoms. The third-order valence-electron chi connectivity index (χ3n) is 5.82. The number of nitrogens with one attached hydrogen (secondary N) is 1. The van der Waals surface area contributed by atoms with Crippen molar-refractivity contribution in [1.82, 2.24) is 9.80 Å². The van der Waals surface area contributed by atoms with Gasteiger partial charge in [0.25, 0.3) is 5.91 Å². The second-order valence-corrected chi connectivity index (χ2v) is 7.85. The number of likely N-dealkylation sites (tertiary alicyclic amines) is 1. The number of benzene rings is 2. The summed E-state index contributed by atoms with van der Waals surface area (Å²) in [4.78, 5) is 27.9. The molecule has 0 saturated carbocycles. The van der Waals surface area contributed by atoms with E-state index in [9.17, 15) is 9.59 Å². The predicted octanol–water partition coefficient (Wildman–Crippen LogP) is 4.79. The molecule has 0 aromatic heterocycles. The lowest BCUT2D eigenvalue weighted by molar-refractivity contribution is 0.0773. The van der Waals surface area contributed by atoms with Crippen LogP contribution in [-0.4, -0.2) is 60.1 Å². The molecule has 0 aliphatic carbocycles. The van der Waals surface area contributed by atoms with Gasteiger partial charge < -0.3 is 14.9 Å². The zero-order valence-corrected chi connectivity index (χ0v) is 18.5. The smallest absolute Gasteiger partial charge is 0.409 e. The summed E-state index contributed by atoms with van der Waals surface area (Å²) in [6, 6.07) is 15.3. The summed E-state index contributed by atoms with van der Waals surface area (Å²) >= 11 is 0. The van der Waals surface area contributed by atoms with Gasteiger partial charge in [0.1, 0.15) is 0 Å². The fraction of sp³-hybridized carbons (Fsp3) is 0.360. The Kier molecular flexibility index (Phi) is 7.47. The van der Waals surface area contributed by atoms with Gasteiger partial charge in [-0.3, -0.25) is 10.1 Å². The Bertz CT molecular complexity index is 952. The SMILES string of the molecule is CCN(CC)C(=O)c1ccc(C(=C2CCN(C)CC2)c2cccc(NC(=O)O)c2)cc1. The van der Waals surface area contributed by atoms with Crippen LogP contribution in [0.15, 0.2) is 54.1 Å². The minimum atomic E-state index is -1.08. The number of carboxylic acid groups (broad SMARTS) is 1. The number of hydrogen-bond acceptors (Lipinski definition) is 3. The highest BCUT2D eigenvalue weighted by Gasteiger charge is 2.19. The Morgan fingerprint density at radius 1 is 0.968 bits per heavy atom. The molecule has 164 valence electrons. The summed E-state index contributed by atoms with van der Waals surface area (Å²) in [5.74, 6) is 0.0395. The molecule has 0 radical (unpaired) electrons. The molecule has 2 amide bonds. The molecular weight excluding hydrogens is 390 g/mol. The zero-order valence-electron chi connectivity index (χ0n) is 18.5. The van der Waals surface area contributed by atoms with Gasteiger partial charge in [-0.25, -0.2) is 4.79 Å². The maximum atomic E-state index is 12.7. The number of anilines is 1. The van der Waals surface area contributed by atoms with Crippen LogP contribution in [0.2, 0.25) is 0 Å². The van der Waals surface area contributed by atoms with Gasteiger partial charge in [0, 0.05) is 37.4 Å². The average molecular weight is 422 g/mol. The van der Waals surface area contributed by atoms with E-state index in [1.807, 2.05) is 61.2 Å². The molecule has 2 aromatic rings. The van der Waals surface area contributed by atoms with Crippen LogP contribution in [-0.2, 0) is 0 Å². The van der Waals surface area contributed by atoms with E-state index in [2.05, 4.69) is 17.3 Å². The second kappa shape index (κ2) is 10.3. The van der Waals surface area contributed by atoms with E-state index in [1.54, 1.807) is 6.07 Å². The van der Waals surface area contributed by atoms with Gasteiger partial charge in [0.05, 0.1) is 0 Å². The van der Waals surface area contributed by atoms with Crippen LogP contribution in [0.4, 0.5) is 10.5 Å². The normalized spacial score (nSPS) is 14.2. The van der Waals surface area contributed by atoms with Crippen LogP contribution in [0.25, 0.3) is 5.57 Å². The molecule has 0 bridgehead atoms. The van der Waals surface area contributed by atoms with Gasteiger partial charge in [-0.1, -0.05) is 29.8 Å². The van der Waals surface area contributed by atoms with Crippen LogP contribution in [0.3, 0.4) is 0 Å². The standard InChI is InChI=1S/C25H31N3O3/c1-4-28(5-2)24(29)20-11-9-18(10-12-20)23(19-13-15-27(3)16-14-19)21-7-6-8-22(17-21)26-25(30)31/h6-12,17,26H,4-5,13-16H2,1-3H3,(H,30,31). The van der Waals surface area contributed by atoms with Gasteiger partial charge in [-0.05, 0) is 74.7 Å². The Morgan fingerprint density at radius 3 is 2.16 bits per heavy atom. The number of piperidine rings is 1. The minimum absolute atomic E-state index is 0.0395. The van der Waals surface area contributed by atoms with Crippen LogP contribution >= 0.6 is 0 Å².